The normalized spacial score (nSPS) is 12.5. The van der Waals surface area contributed by atoms with E-state index in [9.17, 15) is 14.4 Å². The second-order valence-electron chi connectivity index (χ2n) is 8.17. The van der Waals surface area contributed by atoms with Crippen LogP contribution < -0.4 is 10.6 Å². The zero-order valence-corrected chi connectivity index (χ0v) is 19.7. The van der Waals surface area contributed by atoms with Crippen LogP contribution in [0.15, 0.2) is 73.3 Å². The summed E-state index contributed by atoms with van der Waals surface area (Å²) in [5, 5.41) is 6.26. The number of alkyl carbamates (subject to hydrolysis) is 1. The first-order chi connectivity index (χ1) is 17.5. The number of methoxy groups -OCH3 is 1. The van der Waals surface area contributed by atoms with E-state index < -0.39 is 30.1 Å². The topological polar surface area (TPSA) is 138 Å². The first-order valence-corrected chi connectivity index (χ1v) is 11.4. The summed E-state index contributed by atoms with van der Waals surface area (Å²) in [5.41, 5.74) is 3.14. The van der Waals surface area contributed by atoms with Gasteiger partial charge in [-0.1, -0.05) is 48.5 Å². The first-order valence-electron chi connectivity index (χ1n) is 11.4. The van der Waals surface area contributed by atoms with Crippen molar-refractivity contribution < 1.29 is 23.9 Å². The number of benzene rings is 2. The molecule has 10 nitrogen and oxygen atoms in total. The van der Waals surface area contributed by atoms with E-state index in [0.717, 1.165) is 22.0 Å². The van der Waals surface area contributed by atoms with Gasteiger partial charge in [0.2, 0.25) is 5.91 Å². The molecular formula is C26H27N5O5. The Morgan fingerprint density at radius 2 is 1.72 bits per heavy atom. The highest BCUT2D eigenvalue weighted by Gasteiger charge is 2.29. The molecule has 0 spiro atoms. The number of para-hydroxylation sites is 1. The van der Waals surface area contributed by atoms with Crippen LogP contribution in [0.25, 0.3) is 10.9 Å². The van der Waals surface area contributed by atoms with Crippen LogP contribution in [0.4, 0.5) is 4.79 Å². The molecule has 2 aromatic carbocycles. The maximum absolute atomic E-state index is 13.3. The van der Waals surface area contributed by atoms with Gasteiger partial charge in [0.25, 0.3) is 0 Å². The van der Waals surface area contributed by atoms with Crippen LogP contribution in [0.2, 0.25) is 0 Å². The molecule has 0 radical (unpaired) electrons. The average Bonchev–Trinajstić information content (AvgIpc) is 3.57. The lowest BCUT2D eigenvalue weighted by molar-refractivity contribution is -0.145. The first kappa shape index (κ1) is 24.5. The van der Waals surface area contributed by atoms with Crippen LogP contribution in [0, 0.1) is 0 Å². The van der Waals surface area contributed by atoms with Gasteiger partial charge in [0.05, 0.1) is 19.1 Å². The zero-order chi connectivity index (χ0) is 25.3. The van der Waals surface area contributed by atoms with Gasteiger partial charge in [0.15, 0.2) is 0 Å². The second kappa shape index (κ2) is 11.7. The van der Waals surface area contributed by atoms with Crippen molar-refractivity contribution in [1.29, 1.82) is 0 Å². The number of imidazole rings is 1. The van der Waals surface area contributed by atoms with Crippen molar-refractivity contribution in [3.63, 3.8) is 0 Å². The third-order valence-electron chi connectivity index (χ3n) is 5.69. The summed E-state index contributed by atoms with van der Waals surface area (Å²) in [5.74, 6) is -1.16. The summed E-state index contributed by atoms with van der Waals surface area (Å²) in [6.07, 6.45) is 4.44. The zero-order valence-electron chi connectivity index (χ0n) is 19.7. The van der Waals surface area contributed by atoms with Crippen LogP contribution in [0.3, 0.4) is 0 Å². The molecule has 186 valence electrons. The van der Waals surface area contributed by atoms with Crippen molar-refractivity contribution in [2.45, 2.75) is 31.5 Å². The summed E-state index contributed by atoms with van der Waals surface area (Å²) in [4.78, 5) is 48.4. The number of nitrogens with zero attached hydrogens (tertiary/aromatic N) is 1. The number of H-pyrrole nitrogens is 2. The fraction of sp³-hybridized carbons (Fsp3) is 0.231. The number of ether oxygens (including phenoxy) is 2. The maximum atomic E-state index is 13.3. The van der Waals surface area contributed by atoms with Crippen molar-refractivity contribution in [2.24, 2.45) is 0 Å². The number of hydrogen-bond acceptors (Lipinski definition) is 6. The number of hydrogen-bond donors (Lipinski definition) is 4. The van der Waals surface area contributed by atoms with Crippen LogP contribution in [0.5, 0.6) is 0 Å². The molecule has 36 heavy (non-hydrogen) atoms. The fourth-order valence-corrected chi connectivity index (χ4v) is 3.86. The average molecular weight is 490 g/mol. The van der Waals surface area contributed by atoms with Crippen LogP contribution in [-0.2, 0) is 38.5 Å². The third kappa shape index (κ3) is 6.29. The predicted molar refractivity (Wildman–Crippen MR) is 132 cm³/mol. The molecule has 0 saturated carbocycles. The number of nitrogens with one attached hydrogen (secondary N) is 4. The minimum absolute atomic E-state index is 0.0504. The van der Waals surface area contributed by atoms with Gasteiger partial charge >= 0.3 is 12.1 Å². The van der Waals surface area contributed by atoms with Crippen molar-refractivity contribution in [2.75, 3.05) is 7.11 Å². The monoisotopic (exact) mass is 489 g/mol. The van der Waals surface area contributed by atoms with E-state index in [1.54, 1.807) is 12.4 Å². The number of esters is 1. The molecule has 2 amide bonds. The number of aromatic nitrogens is 3. The molecule has 0 aliphatic heterocycles. The molecule has 0 bridgehead atoms. The third-order valence-corrected chi connectivity index (χ3v) is 5.69. The highest BCUT2D eigenvalue weighted by atomic mass is 16.5. The van der Waals surface area contributed by atoms with E-state index in [4.69, 9.17) is 9.47 Å². The lowest BCUT2D eigenvalue weighted by atomic mass is 10.0. The fourth-order valence-electron chi connectivity index (χ4n) is 3.86. The standard InChI is InChI=1S/C26H27N5O5/c1-35-25(33)23(11-18-13-28-21-10-6-5-9-20(18)21)30-24(32)22(12-19-14-27-16-29-19)31-26(34)36-15-17-7-3-2-4-8-17/h2-10,13-14,16,22-23,28H,11-12,15H2,1H3,(H,27,29)(H,30,32)(H,31,34)/t22?,23-/m1/s1. The lowest BCUT2D eigenvalue weighted by Gasteiger charge is -2.22. The Kier molecular flexibility index (Phi) is 7.97. The maximum Gasteiger partial charge on any atom is 0.408 e. The van der Waals surface area contributed by atoms with Crippen LogP contribution in [0.1, 0.15) is 16.8 Å². The van der Waals surface area contributed by atoms with E-state index in [2.05, 4.69) is 25.6 Å². The molecule has 0 saturated heterocycles. The molecule has 4 rings (SSSR count). The number of carbonyl (C=O) groups is 3. The quantitative estimate of drug-likeness (QED) is 0.253. The Bertz CT molecular complexity index is 1300. The highest BCUT2D eigenvalue weighted by Crippen LogP contribution is 2.19. The molecule has 4 aromatic rings. The van der Waals surface area contributed by atoms with E-state index in [0.29, 0.717) is 5.69 Å². The summed E-state index contributed by atoms with van der Waals surface area (Å²) >= 11 is 0. The van der Waals surface area contributed by atoms with Gasteiger partial charge in [-0.15, -0.1) is 0 Å². The lowest BCUT2D eigenvalue weighted by Crippen LogP contribution is -2.53. The van der Waals surface area contributed by atoms with Crippen molar-refractivity contribution in [1.82, 2.24) is 25.6 Å². The Balaban J connectivity index is 1.46. The Labute approximate surface area is 207 Å². The Morgan fingerprint density at radius 3 is 2.47 bits per heavy atom. The molecule has 2 atom stereocenters. The molecule has 1 unspecified atom stereocenters. The molecule has 0 aliphatic carbocycles. The molecule has 4 N–H and O–H groups in total. The minimum atomic E-state index is -1.04. The SMILES string of the molecule is COC(=O)[C@@H](Cc1c[nH]c2ccccc12)NC(=O)C(Cc1c[nH]cn1)NC(=O)OCc1ccccc1. The molecule has 2 heterocycles. The molecule has 0 fully saturated rings. The number of aromatic amines is 2. The summed E-state index contributed by atoms with van der Waals surface area (Å²) < 4.78 is 10.2. The number of carbonyl (C=O) groups excluding carboxylic acids is 3. The van der Waals surface area contributed by atoms with Gasteiger partial charge in [-0.05, 0) is 17.2 Å². The van der Waals surface area contributed by atoms with E-state index in [1.807, 2.05) is 54.6 Å². The van der Waals surface area contributed by atoms with Gasteiger partial charge in [-0.25, -0.2) is 14.6 Å². The smallest absolute Gasteiger partial charge is 0.408 e. The Morgan fingerprint density at radius 1 is 0.944 bits per heavy atom. The predicted octanol–water partition coefficient (Wildman–Crippen LogP) is 2.63. The van der Waals surface area contributed by atoms with Crippen LogP contribution in [-0.4, -0.2) is 52.1 Å². The van der Waals surface area contributed by atoms with Crippen molar-refractivity contribution in [3.8, 4) is 0 Å². The van der Waals surface area contributed by atoms with Crippen LogP contribution >= 0.6 is 0 Å². The van der Waals surface area contributed by atoms with Gasteiger partial charge in [-0.2, -0.15) is 0 Å². The highest BCUT2D eigenvalue weighted by molar-refractivity contribution is 5.91. The Hall–Kier alpha value is -4.60. The van der Waals surface area contributed by atoms with Gasteiger partial charge < -0.3 is 30.1 Å². The summed E-state index contributed by atoms with van der Waals surface area (Å²) in [7, 11) is 1.26. The van der Waals surface area contributed by atoms with Crippen molar-refractivity contribution in [3.05, 3.63) is 90.1 Å². The molecular weight excluding hydrogens is 462 g/mol. The van der Waals surface area contributed by atoms with Gasteiger partial charge in [0.1, 0.15) is 18.7 Å². The largest absolute Gasteiger partial charge is 0.467 e. The molecule has 2 aromatic heterocycles. The molecule has 0 aliphatic rings. The van der Waals surface area contributed by atoms with Gasteiger partial charge in [-0.3, -0.25) is 4.79 Å². The molecule has 10 heteroatoms. The van der Waals surface area contributed by atoms with Crippen molar-refractivity contribution >= 4 is 28.9 Å². The van der Waals surface area contributed by atoms with E-state index in [1.165, 1.54) is 13.4 Å². The number of rotatable bonds is 10. The number of fused-ring (bicyclic) bond motifs is 1. The van der Waals surface area contributed by atoms with E-state index >= 15 is 0 Å². The second-order valence-corrected chi connectivity index (χ2v) is 8.17. The number of amides is 2. The van der Waals surface area contributed by atoms with Gasteiger partial charge in [0, 0.05) is 36.1 Å². The van der Waals surface area contributed by atoms with E-state index in [-0.39, 0.29) is 19.4 Å². The minimum Gasteiger partial charge on any atom is -0.467 e. The summed E-state index contributed by atoms with van der Waals surface area (Å²) in [6, 6.07) is 14.9. The summed E-state index contributed by atoms with van der Waals surface area (Å²) in [6.45, 7) is 0.0504.